The summed E-state index contributed by atoms with van der Waals surface area (Å²) in [5.74, 6) is 0.975. The number of nitrogens with zero attached hydrogens (tertiary/aromatic N) is 2. The van der Waals surface area contributed by atoms with Gasteiger partial charge in [0.25, 0.3) is 0 Å². The van der Waals surface area contributed by atoms with Crippen molar-refractivity contribution in [3.8, 4) is 27.6 Å². The van der Waals surface area contributed by atoms with Crippen LogP contribution in [0.25, 0.3) is 21.8 Å². The summed E-state index contributed by atoms with van der Waals surface area (Å²) < 4.78 is 6.54. The van der Waals surface area contributed by atoms with Crippen LogP contribution in [-0.2, 0) is 12.8 Å². The van der Waals surface area contributed by atoms with Crippen LogP contribution in [0, 0.1) is 0 Å². The van der Waals surface area contributed by atoms with Crippen LogP contribution in [0.15, 0.2) is 72.4 Å². The fourth-order valence-corrected chi connectivity index (χ4v) is 4.76. The standard InChI is InChI=1S/C25H22N2OS/c1-2-17-9-10-19(22-16-29-25(27-22)20-7-5-13-26-15-20)14-24(17)28-23-12-11-18-6-3-4-8-21(18)23/h3-10,13-16,23H,2,11-12H2,1H3. The normalized spacial score (nSPS) is 15.3. The molecule has 4 aromatic rings. The van der Waals surface area contributed by atoms with E-state index >= 15 is 0 Å². The van der Waals surface area contributed by atoms with Crippen LogP contribution in [0.2, 0.25) is 0 Å². The van der Waals surface area contributed by atoms with Gasteiger partial charge in [0, 0.05) is 28.9 Å². The number of hydrogen-bond acceptors (Lipinski definition) is 4. The van der Waals surface area contributed by atoms with Gasteiger partial charge >= 0.3 is 0 Å². The zero-order valence-corrected chi connectivity index (χ0v) is 17.2. The van der Waals surface area contributed by atoms with Crippen molar-refractivity contribution >= 4 is 11.3 Å². The molecule has 0 bridgehead atoms. The average Bonchev–Trinajstić information content (AvgIpc) is 3.42. The predicted molar refractivity (Wildman–Crippen MR) is 118 cm³/mol. The third-order valence-corrected chi connectivity index (χ3v) is 6.39. The van der Waals surface area contributed by atoms with Crippen molar-refractivity contribution in [2.24, 2.45) is 0 Å². The molecule has 0 N–H and O–H groups in total. The van der Waals surface area contributed by atoms with E-state index in [1.807, 2.05) is 18.3 Å². The highest BCUT2D eigenvalue weighted by Gasteiger charge is 2.24. The summed E-state index contributed by atoms with van der Waals surface area (Å²) in [5, 5.41) is 3.10. The number of pyridine rings is 1. The molecule has 0 fully saturated rings. The average molecular weight is 399 g/mol. The number of aryl methyl sites for hydroxylation is 2. The first-order valence-corrected chi connectivity index (χ1v) is 10.9. The van der Waals surface area contributed by atoms with Crippen LogP contribution in [0.5, 0.6) is 5.75 Å². The summed E-state index contributed by atoms with van der Waals surface area (Å²) in [6.07, 6.45) is 6.84. The third kappa shape index (κ3) is 3.56. The van der Waals surface area contributed by atoms with Gasteiger partial charge in [-0.15, -0.1) is 11.3 Å². The van der Waals surface area contributed by atoms with Crippen LogP contribution in [0.3, 0.4) is 0 Å². The van der Waals surface area contributed by atoms with Gasteiger partial charge in [-0.05, 0) is 54.2 Å². The Balaban J connectivity index is 1.45. The molecule has 5 rings (SSSR count). The van der Waals surface area contributed by atoms with Crippen molar-refractivity contribution in [2.45, 2.75) is 32.3 Å². The molecule has 0 saturated heterocycles. The lowest BCUT2D eigenvalue weighted by molar-refractivity contribution is 0.206. The second-order valence-electron chi connectivity index (χ2n) is 7.30. The van der Waals surface area contributed by atoms with Gasteiger partial charge in [0.2, 0.25) is 0 Å². The predicted octanol–water partition coefficient (Wildman–Crippen LogP) is 6.50. The molecule has 144 valence electrons. The molecule has 0 saturated carbocycles. The Morgan fingerprint density at radius 2 is 2.00 bits per heavy atom. The highest BCUT2D eigenvalue weighted by Crippen LogP contribution is 2.38. The lowest BCUT2D eigenvalue weighted by Gasteiger charge is -2.18. The van der Waals surface area contributed by atoms with E-state index in [1.54, 1.807) is 17.5 Å². The van der Waals surface area contributed by atoms with Gasteiger partial charge < -0.3 is 4.74 Å². The van der Waals surface area contributed by atoms with E-state index < -0.39 is 0 Å². The lowest BCUT2D eigenvalue weighted by Crippen LogP contribution is -2.05. The van der Waals surface area contributed by atoms with Crippen LogP contribution in [0.1, 0.15) is 36.1 Å². The van der Waals surface area contributed by atoms with E-state index in [0.717, 1.165) is 46.8 Å². The number of rotatable bonds is 5. The molecular weight excluding hydrogens is 376 g/mol. The molecule has 1 aliphatic rings. The van der Waals surface area contributed by atoms with E-state index in [9.17, 15) is 0 Å². The zero-order valence-electron chi connectivity index (χ0n) is 16.3. The number of fused-ring (bicyclic) bond motifs is 1. The summed E-state index contributed by atoms with van der Waals surface area (Å²) >= 11 is 1.64. The second kappa shape index (κ2) is 7.80. The fraction of sp³-hybridized carbons (Fsp3) is 0.200. The number of hydrogen-bond donors (Lipinski definition) is 0. The molecule has 0 radical (unpaired) electrons. The molecule has 2 aromatic heterocycles. The van der Waals surface area contributed by atoms with E-state index in [1.165, 1.54) is 16.7 Å². The highest BCUT2D eigenvalue weighted by molar-refractivity contribution is 7.13. The Morgan fingerprint density at radius 1 is 1.07 bits per heavy atom. The van der Waals surface area contributed by atoms with Crippen molar-refractivity contribution in [1.82, 2.24) is 9.97 Å². The van der Waals surface area contributed by atoms with Crippen LogP contribution in [-0.4, -0.2) is 9.97 Å². The topological polar surface area (TPSA) is 35.0 Å². The quantitative estimate of drug-likeness (QED) is 0.385. The Morgan fingerprint density at radius 3 is 2.86 bits per heavy atom. The first-order valence-electron chi connectivity index (χ1n) is 10.1. The summed E-state index contributed by atoms with van der Waals surface area (Å²) in [6.45, 7) is 2.17. The van der Waals surface area contributed by atoms with E-state index in [-0.39, 0.29) is 6.10 Å². The van der Waals surface area contributed by atoms with Gasteiger partial charge in [-0.2, -0.15) is 0 Å². The lowest BCUT2D eigenvalue weighted by atomic mass is 10.1. The number of aromatic nitrogens is 2. The maximum absolute atomic E-state index is 6.54. The van der Waals surface area contributed by atoms with Crippen molar-refractivity contribution in [3.05, 3.63) is 89.1 Å². The number of ether oxygens (including phenoxy) is 1. The monoisotopic (exact) mass is 398 g/mol. The number of thiazole rings is 1. The van der Waals surface area contributed by atoms with Gasteiger partial charge in [0.05, 0.1) is 5.69 Å². The first kappa shape index (κ1) is 18.1. The molecule has 0 amide bonds. The Labute approximate surface area is 175 Å². The van der Waals surface area contributed by atoms with E-state index in [0.29, 0.717) is 0 Å². The largest absolute Gasteiger partial charge is 0.485 e. The summed E-state index contributed by atoms with van der Waals surface area (Å²) in [5.41, 5.74) is 7.09. The molecule has 4 heteroatoms. The molecule has 1 aliphatic carbocycles. The van der Waals surface area contributed by atoms with E-state index in [4.69, 9.17) is 9.72 Å². The Kier molecular flexibility index (Phi) is 4.86. The van der Waals surface area contributed by atoms with Gasteiger partial charge in [-0.1, -0.05) is 43.3 Å². The minimum Gasteiger partial charge on any atom is -0.485 e. The molecule has 1 unspecified atom stereocenters. The minimum atomic E-state index is 0.133. The van der Waals surface area contributed by atoms with Crippen molar-refractivity contribution in [2.75, 3.05) is 0 Å². The summed E-state index contributed by atoms with van der Waals surface area (Å²) in [4.78, 5) is 9.04. The molecule has 0 spiro atoms. The van der Waals surface area contributed by atoms with Crippen LogP contribution >= 0.6 is 11.3 Å². The van der Waals surface area contributed by atoms with Crippen LogP contribution < -0.4 is 4.74 Å². The van der Waals surface area contributed by atoms with E-state index in [2.05, 4.69) is 59.8 Å². The van der Waals surface area contributed by atoms with Crippen molar-refractivity contribution < 1.29 is 4.74 Å². The molecule has 2 aromatic carbocycles. The molecule has 1 atom stereocenters. The highest BCUT2D eigenvalue weighted by atomic mass is 32.1. The van der Waals surface area contributed by atoms with Crippen molar-refractivity contribution in [3.63, 3.8) is 0 Å². The third-order valence-electron chi connectivity index (χ3n) is 5.50. The maximum Gasteiger partial charge on any atom is 0.125 e. The maximum atomic E-state index is 6.54. The SMILES string of the molecule is CCc1ccc(-c2csc(-c3cccnc3)n2)cc1OC1CCc2ccccc21. The number of benzene rings is 2. The fourth-order valence-electron chi connectivity index (χ4n) is 3.94. The molecule has 3 nitrogen and oxygen atoms in total. The molecule has 29 heavy (non-hydrogen) atoms. The summed E-state index contributed by atoms with van der Waals surface area (Å²) in [7, 11) is 0. The van der Waals surface area contributed by atoms with Gasteiger partial charge in [0.1, 0.15) is 16.9 Å². The zero-order chi connectivity index (χ0) is 19.6. The van der Waals surface area contributed by atoms with Gasteiger partial charge in [-0.25, -0.2) is 4.98 Å². The Bertz CT molecular complexity index is 1140. The van der Waals surface area contributed by atoms with Gasteiger partial charge in [0.15, 0.2) is 0 Å². The van der Waals surface area contributed by atoms with Crippen molar-refractivity contribution in [1.29, 1.82) is 0 Å². The summed E-state index contributed by atoms with van der Waals surface area (Å²) in [6, 6.07) is 19.1. The molecule has 2 heterocycles. The molecule has 0 aliphatic heterocycles. The molecular formula is C25H22N2OS. The minimum absolute atomic E-state index is 0.133. The van der Waals surface area contributed by atoms with Crippen LogP contribution in [0.4, 0.5) is 0 Å². The first-order chi connectivity index (χ1) is 14.3. The Hall–Kier alpha value is -2.98. The smallest absolute Gasteiger partial charge is 0.125 e. The second-order valence-corrected chi connectivity index (χ2v) is 8.16. The van der Waals surface area contributed by atoms with Gasteiger partial charge in [-0.3, -0.25) is 4.98 Å².